The number of nitrogens with one attached hydrogen (secondary N) is 2. The third-order valence-electron chi connectivity index (χ3n) is 3.09. The zero-order valence-corrected chi connectivity index (χ0v) is 10.6. The van der Waals surface area contributed by atoms with Crippen LogP contribution in [0.2, 0.25) is 0 Å². The Morgan fingerprint density at radius 3 is 2.38 bits per heavy atom. The van der Waals surface area contributed by atoms with Crippen molar-refractivity contribution in [1.29, 1.82) is 5.41 Å². The van der Waals surface area contributed by atoms with Crippen LogP contribution in [0.25, 0.3) is 0 Å². The summed E-state index contributed by atoms with van der Waals surface area (Å²) in [6, 6.07) is 0. The van der Waals surface area contributed by atoms with Crippen molar-refractivity contribution in [2.45, 2.75) is 25.3 Å². The fourth-order valence-electron chi connectivity index (χ4n) is 1.80. The van der Waals surface area contributed by atoms with E-state index in [1.807, 2.05) is 7.05 Å². The molecule has 1 rings (SSSR count). The molecule has 1 saturated heterocycles. The Balaban J connectivity index is 2.87. The van der Waals surface area contributed by atoms with Gasteiger partial charge in [0.25, 0.3) is 0 Å². The first-order chi connectivity index (χ1) is 7.31. The van der Waals surface area contributed by atoms with Crippen LogP contribution in [0.15, 0.2) is 0 Å². The normalized spacial score (nSPS) is 21.9. The standard InChI is InChI=1S/C9H20N4O2S/c1-3-16(14,15)12-9(8(10)11)4-6-13(2)7-5-9/h12H,3-7H2,1-2H3,(H3,10,11). The number of rotatable bonds is 4. The van der Waals surface area contributed by atoms with Crippen LogP contribution >= 0.6 is 0 Å². The second-order valence-electron chi connectivity index (χ2n) is 4.30. The molecule has 0 amide bonds. The highest BCUT2D eigenvalue weighted by Crippen LogP contribution is 2.22. The van der Waals surface area contributed by atoms with Gasteiger partial charge in [-0.3, -0.25) is 5.41 Å². The van der Waals surface area contributed by atoms with Crippen molar-refractivity contribution in [1.82, 2.24) is 9.62 Å². The van der Waals surface area contributed by atoms with Crippen LogP contribution < -0.4 is 10.5 Å². The molecule has 0 aromatic rings. The van der Waals surface area contributed by atoms with Gasteiger partial charge in [-0.1, -0.05) is 0 Å². The summed E-state index contributed by atoms with van der Waals surface area (Å²) < 4.78 is 25.7. The second-order valence-corrected chi connectivity index (χ2v) is 6.32. The Labute approximate surface area is 96.7 Å². The molecule has 16 heavy (non-hydrogen) atoms. The number of nitrogens with two attached hydrogens (primary N) is 1. The van der Waals surface area contributed by atoms with E-state index in [9.17, 15) is 8.42 Å². The third kappa shape index (κ3) is 2.93. The molecule has 0 aliphatic carbocycles. The Hall–Kier alpha value is -0.660. The van der Waals surface area contributed by atoms with Crippen LogP contribution in [0, 0.1) is 5.41 Å². The molecule has 1 aliphatic rings. The lowest BCUT2D eigenvalue weighted by atomic mass is 9.88. The van der Waals surface area contributed by atoms with E-state index < -0.39 is 15.6 Å². The van der Waals surface area contributed by atoms with E-state index in [4.69, 9.17) is 11.1 Å². The molecular weight excluding hydrogens is 228 g/mol. The van der Waals surface area contributed by atoms with Gasteiger partial charge in [0.05, 0.1) is 11.3 Å². The van der Waals surface area contributed by atoms with E-state index in [0.29, 0.717) is 12.8 Å². The van der Waals surface area contributed by atoms with Gasteiger partial charge in [-0.05, 0) is 26.8 Å². The number of likely N-dealkylation sites (tertiary alicyclic amines) is 1. The maximum atomic E-state index is 11.6. The Kier molecular flexibility index (Phi) is 3.92. The maximum absolute atomic E-state index is 11.6. The Morgan fingerprint density at radius 1 is 1.50 bits per heavy atom. The molecule has 0 aromatic heterocycles. The van der Waals surface area contributed by atoms with Gasteiger partial charge in [0, 0.05) is 13.1 Å². The number of hydrogen-bond acceptors (Lipinski definition) is 4. The molecule has 0 radical (unpaired) electrons. The number of sulfonamides is 1. The average Bonchev–Trinajstić information content (AvgIpc) is 2.21. The summed E-state index contributed by atoms with van der Waals surface area (Å²) >= 11 is 0. The number of hydrogen-bond donors (Lipinski definition) is 3. The van der Waals surface area contributed by atoms with Crippen molar-refractivity contribution in [2.75, 3.05) is 25.9 Å². The molecule has 0 aromatic carbocycles. The van der Waals surface area contributed by atoms with E-state index in [1.54, 1.807) is 6.92 Å². The molecule has 7 heteroatoms. The molecule has 0 bridgehead atoms. The van der Waals surface area contributed by atoms with Gasteiger partial charge in [0.2, 0.25) is 10.0 Å². The first-order valence-corrected chi connectivity index (χ1v) is 7.01. The van der Waals surface area contributed by atoms with Crippen LogP contribution in [-0.4, -0.2) is 50.6 Å². The predicted octanol–water partition coefficient (Wildman–Crippen LogP) is -0.674. The summed E-state index contributed by atoms with van der Waals surface area (Å²) in [5.41, 5.74) is 4.67. The predicted molar refractivity (Wildman–Crippen MR) is 64.0 cm³/mol. The molecular formula is C9H20N4O2S. The molecule has 0 saturated carbocycles. The first kappa shape index (κ1) is 13.4. The summed E-state index contributed by atoms with van der Waals surface area (Å²) in [5.74, 6) is -0.0738. The minimum atomic E-state index is -3.33. The van der Waals surface area contributed by atoms with Gasteiger partial charge in [0.1, 0.15) is 5.84 Å². The monoisotopic (exact) mass is 248 g/mol. The van der Waals surface area contributed by atoms with E-state index in [1.165, 1.54) is 0 Å². The fourth-order valence-corrected chi connectivity index (χ4v) is 2.85. The van der Waals surface area contributed by atoms with Gasteiger partial charge in [0.15, 0.2) is 0 Å². The van der Waals surface area contributed by atoms with Gasteiger partial charge >= 0.3 is 0 Å². The molecule has 0 atom stereocenters. The summed E-state index contributed by atoms with van der Waals surface area (Å²) in [4.78, 5) is 2.10. The summed E-state index contributed by atoms with van der Waals surface area (Å²) in [5, 5.41) is 7.59. The lowest BCUT2D eigenvalue weighted by Crippen LogP contribution is -2.61. The minimum Gasteiger partial charge on any atom is -0.386 e. The summed E-state index contributed by atoms with van der Waals surface area (Å²) in [7, 11) is -1.36. The molecule has 1 heterocycles. The van der Waals surface area contributed by atoms with E-state index in [2.05, 4.69) is 9.62 Å². The van der Waals surface area contributed by atoms with Crippen molar-refractivity contribution < 1.29 is 8.42 Å². The van der Waals surface area contributed by atoms with E-state index in [0.717, 1.165) is 13.1 Å². The zero-order chi connectivity index (χ0) is 12.4. The largest absolute Gasteiger partial charge is 0.386 e. The Bertz CT molecular complexity index is 358. The van der Waals surface area contributed by atoms with Crippen molar-refractivity contribution in [3.05, 3.63) is 0 Å². The van der Waals surface area contributed by atoms with Crippen LogP contribution in [0.3, 0.4) is 0 Å². The van der Waals surface area contributed by atoms with E-state index in [-0.39, 0.29) is 11.6 Å². The quantitative estimate of drug-likeness (QED) is 0.453. The smallest absolute Gasteiger partial charge is 0.212 e. The molecule has 4 N–H and O–H groups in total. The van der Waals surface area contributed by atoms with Crippen LogP contribution in [0.5, 0.6) is 0 Å². The lowest BCUT2D eigenvalue weighted by Gasteiger charge is -2.39. The van der Waals surface area contributed by atoms with Crippen LogP contribution in [0.1, 0.15) is 19.8 Å². The van der Waals surface area contributed by atoms with Crippen molar-refractivity contribution in [2.24, 2.45) is 5.73 Å². The van der Waals surface area contributed by atoms with Gasteiger partial charge in [-0.2, -0.15) is 0 Å². The molecule has 0 unspecified atom stereocenters. The van der Waals surface area contributed by atoms with Gasteiger partial charge < -0.3 is 10.6 Å². The molecule has 0 spiro atoms. The number of piperidine rings is 1. The molecule has 1 aliphatic heterocycles. The topological polar surface area (TPSA) is 99.3 Å². The highest BCUT2D eigenvalue weighted by Gasteiger charge is 2.39. The van der Waals surface area contributed by atoms with Crippen LogP contribution in [-0.2, 0) is 10.0 Å². The number of amidine groups is 1. The van der Waals surface area contributed by atoms with Gasteiger partial charge in [-0.15, -0.1) is 0 Å². The molecule has 94 valence electrons. The van der Waals surface area contributed by atoms with Crippen molar-refractivity contribution in [3.63, 3.8) is 0 Å². The van der Waals surface area contributed by atoms with Crippen molar-refractivity contribution >= 4 is 15.9 Å². The summed E-state index contributed by atoms with van der Waals surface area (Å²) in [6.45, 7) is 3.06. The SMILES string of the molecule is CCS(=O)(=O)NC1(C(=N)N)CCN(C)CC1. The lowest BCUT2D eigenvalue weighted by molar-refractivity contribution is 0.218. The maximum Gasteiger partial charge on any atom is 0.212 e. The van der Waals surface area contributed by atoms with E-state index >= 15 is 0 Å². The van der Waals surface area contributed by atoms with Crippen LogP contribution in [0.4, 0.5) is 0 Å². The number of nitrogens with zero attached hydrogens (tertiary/aromatic N) is 1. The third-order valence-corrected chi connectivity index (χ3v) is 4.55. The highest BCUT2D eigenvalue weighted by atomic mass is 32.2. The molecule has 1 fully saturated rings. The molecule has 6 nitrogen and oxygen atoms in total. The van der Waals surface area contributed by atoms with Crippen molar-refractivity contribution in [3.8, 4) is 0 Å². The van der Waals surface area contributed by atoms with Gasteiger partial charge in [-0.25, -0.2) is 13.1 Å². The second kappa shape index (κ2) is 4.68. The zero-order valence-electron chi connectivity index (χ0n) is 9.78. The summed E-state index contributed by atoms with van der Waals surface area (Å²) in [6.07, 6.45) is 1.11. The fraction of sp³-hybridized carbons (Fsp3) is 0.889. The first-order valence-electron chi connectivity index (χ1n) is 5.36. The minimum absolute atomic E-state index is 0.0118. The average molecular weight is 248 g/mol. The Morgan fingerprint density at radius 2 is 2.00 bits per heavy atom. The highest BCUT2D eigenvalue weighted by molar-refractivity contribution is 7.89.